The average molecular weight is 341 g/mol. The van der Waals surface area contributed by atoms with Crippen LogP contribution in [0, 0.1) is 0 Å². The molecule has 1 saturated heterocycles. The molecule has 0 atom stereocenters. The van der Waals surface area contributed by atoms with E-state index in [1.54, 1.807) is 17.1 Å². The molecule has 0 aromatic carbocycles. The minimum Gasteiger partial charge on any atom is -0.394 e. The predicted octanol–water partition coefficient (Wildman–Crippen LogP) is 0.794. The molecule has 0 aliphatic carbocycles. The summed E-state index contributed by atoms with van der Waals surface area (Å²) in [5.41, 5.74) is 1.52. The Kier molecular flexibility index (Phi) is 4.40. The zero-order valence-corrected chi connectivity index (χ0v) is 13.7. The van der Waals surface area contributed by atoms with Crippen molar-refractivity contribution in [3.8, 4) is 0 Å². The number of nitrogens with zero attached hydrogens (tertiary/aromatic N) is 6. The second-order valence-corrected chi connectivity index (χ2v) is 5.68. The molecule has 25 heavy (non-hydrogen) atoms. The Morgan fingerprint density at radius 1 is 1.12 bits per heavy atom. The van der Waals surface area contributed by atoms with Crippen LogP contribution < -0.4 is 10.2 Å². The Balaban J connectivity index is 1.54. The fourth-order valence-corrected chi connectivity index (χ4v) is 2.83. The molecule has 0 bridgehead atoms. The molecule has 9 heteroatoms. The van der Waals surface area contributed by atoms with Gasteiger partial charge in [0.2, 0.25) is 0 Å². The lowest BCUT2D eigenvalue weighted by Gasteiger charge is -2.27. The summed E-state index contributed by atoms with van der Waals surface area (Å²) in [6, 6.07) is 3.96. The molecule has 2 N–H and O–H groups in total. The topological polar surface area (TPSA) is 101 Å². The molecule has 1 fully saturated rings. The Morgan fingerprint density at radius 2 is 2.00 bits per heavy atom. The van der Waals surface area contributed by atoms with E-state index >= 15 is 0 Å². The number of rotatable bonds is 5. The first-order valence-electron chi connectivity index (χ1n) is 8.18. The monoisotopic (exact) mass is 341 g/mol. The van der Waals surface area contributed by atoms with Crippen LogP contribution in [0.1, 0.15) is 0 Å². The quantitative estimate of drug-likeness (QED) is 0.702. The molecule has 1 aliphatic rings. The molecule has 0 amide bonds. The molecule has 130 valence electrons. The van der Waals surface area contributed by atoms with E-state index in [0.29, 0.717) is 18.0 Å². The van der Waals surface area contributed by atoms with E-state index in [2.05, 4.69) is 30.3 Å². The third kappa shape index (κ3) is 3.24. The van der Waals surface area contributed by atoms with Gasteiger partial charge in [-0.2, -0.15) is 5.10 Å². The van der Waals surface area contributed by atoms with Crippen LogP contribution in [0.3, 0.4) is 0 Å². The van der Waals surface area contributed by atoms with Gasteiger partial charge in [-0.3, -0.25) is 0 Å². The van der Waals surface area contributed by atoms with Crippen LogP contribution in [0.4, 0.5) is 17.3 Å². The van der Waals surface area contributed by atoms with Gasteiger partial charge in [0.05, 0.1) is 49.8 Å². The van der Waals surface area contributed by atoms with Gasteiger partial charge in [-0.1, -0.05) is 0 Å². The maximum Gasteiger partial charge on any atom is 0.163 e. The molecule has 4 rings (SSSR count). The summed E-state index contributed by atoms with van der Waals surface area (Å²) in [7, 11) is 0. The number of nitrogens with one attached hydrogen (secondary N) is 1. The standard InChI is InChI=1S/C16H19N7O2/c24-6-3-23-16-13(10-20-23)15(18-11-19-16)21-12-1-2-14(17-9-12)22-4-7-25-8-5-22/h1-2,9-11,24H,3-8H2,(H,18,19,21). The summed E-state index contributed by atoms with van der Waals surface area (Å²) in [6.45, 7) is 3.59. The number of aromatic nitrogens is 5. The molecule has 3 aromatic rings. The molecule has 4 heterocycles. The number of anilines is 3. The van der Waals surface area contributed by atoms with Crippen LogP contribution in [0.2, 0.25) is 0 Å². The lowest BCUT2D eigenvalue weighted by Crippen LogP contribution is -2.36. The molecular formula is C16H19N7O2. The van der Waals surface area contributed by atoms with Crippen molar-refractivity contribution in [3.63, 3.8) is 0 Å². The molecule has 1 aliphatic heterocycles. The van der Waals surface area contributed by atoms with Crippen molar-refractivity contribution in [2.45, 2.75) is 6.54 Å². The molecule has 0 spiro atoms. The van der Waals surface area contributed by atoms with Gasteiger partial charge >= 0.3 is 0 Å². The fraction of sp³-hybridized carbons (Fsp3) is 0.375. The first-order valence-corrected chi connectivity index (χ1v) is 8.18. The highest BCUT2D eigenvalue weighted by Gasteiger charge is 2.13. The Hall–Kier alpha value is -2.78. The Bertz CT molecular complexity index is 843. The van der Waals surface area contributed by atoms with Crippen LogP contribution in [-0.4, -0.2) is 62.7 Å². The Labute approximate surface area is 144 Å². The molecule has 0 saturated carbocycles. The largest absolute Gasteiger partial charge is 0.394 e. The summed E-state index contributed by atoms with van der Waals surface area (Å²) in [6.07, 6.45) is 4.97. The van der Waals surface area contributed by atoms with Gasteiger partial charge in [0.15, 0.2) is 5.65 Å². The van der Waals surface area contributed by atoms with Crippen LogP contribution in [-0.2, 0) is 11.3 Å². The van der Waals surface area contributed by atoms with Gasteiger partial charge in [-0.15, -0.1) is 0 Å². The highest BCUT2D eigenvalue weighted by molar-refractivity contribution is 5.88. The first-order chi connectivity index (χ1) is 12.3. The van der Waals surface area contributed by atoms with Crippen molar-refractivity contribution in [1.29, 1.82) is 0 Å². The van der Waals surface area contributed by atoms with E-state index in [-0.39, 0.29) is 6.61 Å². The van der Waals surface area contributed by atoms with Crippen molar-refractivity contribution < 1.29 is 9.84 Å². The average Bonchev–Trinajstić information content (AvgIpc) is 3.08. The smallest absolute Gasteiger partial charge is 0.163 e. The van der Waals surface area contributed by atoms with Crippen molar-refractivity contribution in [3.05, 3.63) is 30.9 Å². The van der Waals surface area contributed by atoms with Crippen LogP contribution >= 0.6 is 0 Å². The number of hydrogen-bond acceptors (Lipinski definition) is 8. The van der Waals surface area contributed by atoms with Gasteiger partial charge in [-0.25, -0.2) is 19.6 Å². The van der Waals surface area contributed by atoms with E-state index in [1.807, 2.05) is 12.1 Å². The third-order valence-electron chi connectivity index (χ3n) is 4.09. The second kappa shape index (κ2) is 6.99. The summed E-state index contributed by atoms with van der Waals surface area (Å²) in [5, 5.41) is 17.4. The van der Waals surface area contributed by atoms with Gasteiger partial charge in [-0.05, 0) is 12.1 Å². The molecule has 0 unspecified atom stereocenters. The molecule has 0 radical (unpaired) electrons. The number of hydrogen-bond donors (Lipinski definition) is 2. The third-order valence-corrected chi connectivity index (χ3v) is 4.09. The van der Waals surface area contributed by atoms with Gasteiger partial charge < -0.3 is 20.1 Å². The summed E-state index contributed by atoms with van der Waals surface area (Å²) < 4.78 is 7.02. The highest BCUT2D eigenvalue weighted by Crippen LogP contribution is 2.23. The van der Waals surface area contributed by atoms with E-state index in [4.69, 9.17) is 9.84 Å². The zero-order valence-electron chi connectivity index (χ0n) is 13.7. The minimum absolute atomic E-state index is 0.0104. The van der Waals surface area contributed by atoms with Crippen molar-refractivity contribution >= 4 is 28.4 Å². The number of pyridine rings is 1. The number of morpholine rings is 1. The number of aliphatic hydroxyl groups excluding tert-OH is 1. The highest BCUT2D eigenvalue weighted by atomic mass is 16.5. The lowest BCUT2D eigenvalue weighted by molar-refractivity contribution is 0.122. The molecule has 3 aromatic heterocycles. The van der Waals surface area contributed by atoms with Gasteiger partial charge in [0.25, 0.3) is 0 Å². The number of fused-ring (bicyclic) bond motifs is 1. The summed E-state index contributed by atoms with van der Waals surface area (Å²) in [4.78, 5) is 15.3. The normalized spacial score (nSPS) is 14.8. The van der Waals surface area contributed by atoms with Crippen molar-refractivity contribution in [1.82, 2.24) is 24.7 Å². The Morgan fingerprint density at radius 3 is 2.76 bits per heavy atom. The van der Waals surface area contributed by atoms with Crippen LogP contribution in [0.5, 0.6) is 0 Å². The fourth-order valence-electron chi connectivity index (χ4n) is 2.83. The van der Waals surface area contributed by atoms with Crippen molar-refractivity contribution in [2.24, 2.45) is 0 Å². The number of ether oxygens (including phenoxy) is 1. The van der Waals surface area contributed by atoms with Crippen LogP contribution in [0.15, 0.2) is 30.9 Å². The van der Waals surface area contributed by atoms with E-state index < -0.39 is 0 Å². The van der Waals surface area contributed by atoms with E-state index in [1.165, 1.54) is 6.33 Å². The minimum atomic E-state index is 0.0104. The summed E-state index contributed by atoms with van der Waals surface area (Å²) >= 11 is 0. The van der Waals surface area contributed by atoms with Crippen LogP contribution in [0.25, 0.3) is 11.0 Å². The maximum absolute atomic E-state index is 9.10. The number of aliphatic hydroxyl groups is 1. The predicted molar refractivity (Wildman–Crippen MR) is 93.0 cm³/mol. The SMILES string of the molecule is OCCn1ncc2c(Nc3ccc(N4CCOCC4)nc3)ncnc21. The van der Waals surface area contributed by atoms with E-state index in [0.717, 1.165) is 43.2 Å². The van der Waals surface area contributed by atoms with E-state index in [9.17, 15) is 0 Å². The molecular weight excluding hydrogens is 322 g/mol. The summed E-state index contributed by atoms with van der Waals surface area (Å²) in [5.74, 6) is 1.60. The lowest BCUT2D eigenvalue weighted by atomic mass is 10.3. The maximum atomic E-state index is 9.10. The first kappa shape index (κ1) is 15.7. The van der Waals surface area contributed by atoms with Gasteiger partial charge in [0.1, 0.15) is 18.0 Å². The molecule has 9 nitrogen and oxygen atoms in total. The van der Waals surface area contributed by atoms with Gasteiger partial charge in [0, 0.05) is 13.1 Å². The zero-order chi connectivity index (χ0) is 17.1. The van der Waals surface area contributed by atoms with Crippen molar-refractivity contribution in [2.75, 3.05) is 43.1 Å². The second-order valence-electron chi connectivity index (χ2n) is 5.68.